The van der Waals surface area contributed by atoms with Gasteiger partial charge < -0.3 is 29.9 Å². The molecule has 0 radical (unpaired) electrons. The van der Waals surface area contributed by atoms with Crippen LogP contribution in [0.25, 0.3) is 0 Å². The van der Waals surface area contributed by atoms with Crippen LogP contribution in [0.1, 0.15) is 13.8 Å². The predicted molar refractivity (Wildman–Crippen MR) is 50.0 cm³/mol. The molecular formula is C9H18O6. The summed E-state index contributed by atoms with van der Waals surface area (Å²) in [4.78, 5) is 0. The van der Waals surface area contributed by atoms with Crippen molar-refractivity contribution >= 4 is 0 Å². The van der Waals surface area contributed by atoms with Gasteiger partial charge in [-0.15, -0.1) is 0 Å². The maximum atomic E-state index is 9.50. The molecule has 0 bridgehead atoms. The summed E-state index contributed by atoms with van der Waals surface area (Å²) in [6.45, 7) is 3.10. The molecule has 6 heteroatoms. The van der Waals surface area contributed by atoms with Crippen molar-refractivity contribution < 1.29 is 29.9 Å². The van der Waals surface area contributed by atoms with Crippen LogP contribution >= 0.6 is 0 Å². The van der Waals surface area contributed by atoms with Gasteiger partial charge in [0.1, 0.15) is 18.3 Å². The summed E-state index contributed by atoms with van der Waals surface area (Å²) in [5.74, 6) is 0. The second-order valence-electron chi connectivity index (χ2n) is 3.86. The molecule has 0 aromatic heterocycles. The van der Waals surface area contributed by atoms with Crippen molar-refractivity contribution in [2.75, 3.05) is 6.61 Å². The maximum Gasteiger partial charge on any atom is 0.186 e. The summed E-state index contributed by atoms with van der Waals surface area (Å²) in [5, 5.41) is 37.3. The quantitative estimate of drug-likeness (QED) is 0.450. The molecule has 0 aromatic rings. The van der Waals surface area contributed by atoms with E-state index in [0.29, 0.717) is 0 Å². The van der Waals surface area contributed by atoms with Crippen molar-refractivity contribution in [3.8, 4) is 0 Å². The minimum Gasteiger partial charge on any atom is -0.391 e. The Morgan fingerprint density at radius 3 is 2.33 bits per heavy atom. The lowest BCUT2D eigenvalue weighted by Gasteiger charge is -2.39. The Bertz CT molecular complexity index is 197. The normalized spacial score (nSPS) is 44.0. The molecule has 15 heavy (non-hydrogen) atoms. The Morgan fingerprint density at radius 1 is 1.20 bits per heavy atom. The first-order chi connectivity index (χ1) is 6.93. The van der Waals surface area contributed by atoms with Crippen molar-refractivity contribution in [2.45, 2.75) is 50.7 Å². The van der Waals surface area contributed by atoms with Gasteiger partial charge in [-0.3, -0.25) is 0 Å². The minimum atomic E-state index is -1.31. The molecule has 4 N–H and O–H groups in total. The topological polar surface area (TPSA) is 99.4 Å². The Morgan fingerprint density at radius 2 is 1.80 bits per heavy atom. The Balaban J connectivity index is 2.51. The molecule has 6 atom stereocenters. The third-order valence-corrected chi connectivity index (χ3v) is 2.31. The summed E-state index contributed by atoms with van der Waals surface area (Å²) in [5.41, 5.74) is 0. The molecule has 0 aromatic carbocycles. The number of hydrogen-bond donors (Lipinski definition) is 4. The highest BCUT2D eigenvalue weighted by molar-refractivity contribution is 4.87. The minimum absolute atomic E-state index is 0.00272. The zero-order chi connectivity index (χ0) is 11.6. The number of aliphatic hydroxyl groups is 4. The average molecular weight is 222 g/mol. The highest BCUT2D eigenvalue weighted by Gasteiger charge is 2.42. The van der Waals surface area contributed by atoms with Crippen molar-refractivity contribution in [2.24, 2.45) is 0 Å². The lowest BCUT2D eigenvalue weighted by Crippen LogP contribution is -2.57. The second-order valence-corrected chi connectivity index (χ2v) is 3.86. The summed E-state index contributed by atoms with van der Waals surface area (Å²) in [6, 6.07) is 0. The molecule has 1 fully saturated rings. The van der Waals surface area contributed by atoms with Crippen LogP contribution in [0.4, 0.5) is 0 Å². The number of rotatable bonds is 3. The zero-order valence-electron chi connectivity index (χ0n) is 8.78. The fraction of sp³-hybridized carbons (Fsp3) is 1.00. The molecule has 90 valence electrons. The SMILES string of the molecule is CC(O)CO[C@H]1O[C@@H](C)[C@@H](O)[C@@H](O)[C@@H]1O. The molecule has 1 saturated heterocycles. The lowest BCUT2D eigenvalue weighted by molar-refractivity contribution is -0.296. The molecule has 1 unspecified atom stereocenters. The summed E-state index contributed by atoms with van der Waals surface area (Å²) < 4.78 is 10.2. The van der Waals surface area contributed by atoms with E-state index in [4.69, 9.17) is 14.6 Å². The Labute approximate surface area is 88.1 Å². The van der Waals surface area contributed by atoms with Crippen LogP contribution in [-0.4, -0.2) is 63.8 Å². The second kappa shape index (κ2) is 5.20. The highest BCUT2D eigenvalue weighted by atomic mass is 16.7. The molecule has 0 aliphatic carbocycles. The van der Waals surface area contributed by atoms with Gasteiger partial charge in [0, 0.05) is 0 Å². The standard InChI is InChI=1S/C9H18O6/c1-4(10)3-14-9-8(13)7(12)6(11)5(2)15-9/h4-13H,3H2,1-2H3/t4?,5-,6+,7+,8-,9-/m0/s1. The largest absolute Gasteiger partial charge is 0.391 e. The molecule has 0 spiro atoms. The van der Waals surface area contributed by atoms with E-state index >= 15 is 0 Å². The van der Waals surface area contributed by atoms with Crippen LogP contribution in [0.3, 0.4) is 0 Å². The van der Waals surface area contributed by atoms with E-state index < -0.39 is 36.8 Å². The van der Waals surface area contributed by atoms with E-state index in [-0.39, 0.29) is 6.61 Å². The first-order valence-corrected chi connectivity index (χ1v) is 4.92. The zero-order valence-corrected chi connectivity index (χ0v) is 8.78. The number of ether oxygens (including phenoxy) is 2. The number of hydrogen-bond acceptors (Lipinski definition) is 6. The van der Waals surface area contributed by atoms with Crippen molar-refractivity contribution in [1.29, 1.82) is 0 Å². The van der Waals surface area contributed by atoms with Gasteiger partial charge in [-0.25, -0.2) is 0 Å². The Kier molecular flexibility index (Phi) is 4.45. The molecule has 0 amide bonds. The lowest BCUT2D eigenvalue weighted by atomic mass is 10.0. The van der Waals surface area contributed by atoms with Crippen LogP contribution in [0, 0.1) is 0 Å². The molecule has 0 saturated carbocycles. The van der Waals surface area contributed by atoms with Gasteiger partial charge in [0.05, 0.1) is 18.8 Å². The van der Waals surface area contributed by atoms with E-state index in [9.17, 15) is 15.3 Å². The highest BCUT2D eigenvalue weighted by Crippen LogP contribution is 2.21. The summed E-state index contributed by atoms with van der Waals surface area (Å²) >= 11 is 0. The third-order valence-electron chi connectivity index (χ3n) is 2.31. The molecule has 1 aliphatic heterocycles. The fourth-order valence-corrected chi connectivity index (χ4v) is 1.39. The van der Waals surface area contributed by atoms with E-state index in [2.05, 4.69) is 0 Å². The molecule has 1 rings (SSSR count). The monoisotopic (exact) mass is 222 g/mol. The average Bonchev–Trinajstić information content (AvgIpc) is 2.18. The van der Waals surface area contributed by atoms with E-state index in [1.165, 1.54) is 6.92 Å². The van der Waals surface area contributed by atoms with Crippen molar-refractivity contribution in [3.05, 3.63) is 0 Å². The van der Waals surface area contributed by atoms with Crippen LogP contribution in [0.15, 0.2) is 0 Å². The summed E-state index contributed by atoms with van der Waals surface area (Å²) in [7, 11) is 0. The van der Waals surface area contributed by atoms with Gasteiger partial charge in [0.25, 0.3) is 0 Å². The van der Waals surface area contributed by atoms with Crippen molar-refractivity contribution in [3.63, 3.8) is 0 Å². The molecule has 1 heterocycles. The number of aliphatic hydroxyl groups excluding tert-OH is 4. The maximum absolute atomic E-state index is 9.50. The van der Waals surface area contributed by atoms with Crippen LogP contribution < -0.4 is 0 Å². The third kappa shape index (κ3) is 3.10. The van der Waals surface area contributed by atoms with Crippen LogP contribution in [0.5, 0.6) is 0 Å². The molecule has 1 aliphatic rings. The van der Waals surface area contributed by atoms with Gasteiger partial charge in [-0.1, -0.05) is 0 Å². The van der Waals surface area contributed by atoms with Gasteiger partial charge in [-0.05, 0) is 13.8 Å². The molecular weight excluding hydrogens is 204 g/mol. The van der Waals surface area contributed by atoms with E-state index in [1.54, 1.807) is 6.92 Å². The Hall–Kier alpha value is -0.240. The fourth-order valence-electron chi connectivity index (χ4n) is 1.39. The molecule has 6 nitrogen and oxygen atoms in total. The van der Waals surface area contributed by atoms with Crippen LogP contribution in [-0.2, 0) is 9.47 Å². The van der Waals surface area contributed by atoms with Gasteiger partial charge in [0.2, 0.25) is 0 Å². The predicted octanol–water partition coefficient (Wildman–Crippen LogP) is -1.79. The van der Waals surface area contributed by atoms with Gasteiger partial charge in [-0.2, -0.15) is 0 Å². The van der Waals surface area contributed by atoms with Gasteiger partial charge >= 0.3 is 0 Å². The van der Waals surface area contributed by atoms with E-state index in [0.717, 1.165) is 0 Å². The van der Waals surface area contributed by atoms with Gasteiger partial charge in [0.15, 0.2) is 6.29 Å². The smallest absolute Gasteiger partial charge is 0.186 e. The summed E-state index contributed by atoms with van der Waals surface area (Å²) in [6.07, 6.45) is -6.07. The first-order valence-electron chi connectivity index (χ1n) is 4.92. The van der Waals surface area contributed by atoms with Crippen molar-refractivity contribution in [1.82, 2.24) is 0 Å². The first kappa shape index (κ1) is 12.8. The van der Waals surface area contributed by atoms with E-state index in [1.807, 2.05) is 0 Å². The van der Waals surface area contributed by atoms with Crippen LogP contribution in [0.2, 0.25) is 0 Å².